The summed E-state index contributed by atoms with van der Waals surface area (Å²) in [4.78, 5) is 0. The van der Waals surface area contributed by atoms with Gasteiger partial charge in [-0.05, 0) is 27.2 Å². The van der Waals surface area contributed by atoms with Gasteiger partial charge in [-0.25, -0.2) is 4.68 Å². The topological polar surface area (TPSA) is 62.3 Å². The first kappa shape index (κ1) is 14.8. The van der Waals surface area contributed by atoms with E-state index >= 15 is 0 Å². The van der Waals surface area contributed by atoms with Crippen LogP contribution in [-0.4, -0.2) is 28.6 Å². The summed E-state index contributed by atoms with van der Waals surface area (Å²) < 4.78 is 12.9. The molecule has 1 rings (SSSR count). The maximum absolute atomic E-state index is 6.01. The molecule has 0 unspecified atom stereocenters. The van der Waals surface area contributed by atoms with Gasteiger partial charge in [0.1, 0.15) is 12.3 Å². The lowest BCUT2D eigenvalue weighted by molar-refractivity contribution is -0.0171. The lowest BCUT2D eigenvalue weighted by Crippen LogP contribution is -2.22. The number of anilines is 1. The van der Waals surface area contributed by atoms with E-state index in [4.69, 9.17) is 15.2 Å². The Kier molecular flexibility index (Phi) is 5.02. The van der Waals surface area contributed by atoms with Crippen LogP contribution in [0.2, 0.25) is 0 Å². The summed E-state index contributed by atoms with van der Waals surface area (Å²) in [6, 6.07) is 0. The van der Waals surface area contributed by atoms with E-state index in [1.165, 1.54) is 0 Å². The summed E-state index contributed by atoms with van der Waals surface area (Å²) >= 11 is 0. The second kappa shape index (κ2) is 6.09. The van der Waals surface area contributed by atoms with Gasteiger partial charge >= 0.3 is 0 Å². The lowest BCUT2D eigenvalue weighted by Gasteiger charge is -2.19. The van der Waals surface area contributed by atoms with Crippen molar-refractivity contribution in [2.24, 2.45) is 7.05 Å². The van der Waals surface area contributed by atoms with Crippen LogP contribution in [0.25, 0.3) is 0 Å². The van der Waals surface area contributed by atoms with E-state index in [1.54, 1.807) is 4.68 Å². The van der Waals surface area contributed by atoms with E-state index in [2.05, 4.69) is 12.0 Å². The number of rotatable bonds is 6. The minimum atomic E-state index is -0.144. The number of aromatic nitrogens is 2. The quantitative estimate of drug-likeness (QED) is 0.791. The number of nitrogens with two attached hydrogens (primary N) is 1. The van der Waals surface area contributed by atoms with Crippen molar-refractivity contribution >= 4 is 5.69 Å². The van der Waals surface area contributed by atoms with E-state index in [1.807, 2.05) is 27.8 Å². The maximum Gasteiger partial charge on any atom is 0.235 e. The van der Waals surface area contributed by atoms with Crippen LogP contribution in [0.15, 0.2) is 0 Å². The van der Waals surface area contributed by atoms with Gasteiger partial charge in [0.05, 0.1) is 17.9 Å². The molecule has 1 aromatic rings. The van der Waals surface area contributed by atoms with Crippen LogP contribution in [0.1, 0.15) is 39.8 Å². The second-order valence-electron chi connectivity index (χ2n) is 5.35. The third-order valence-electron chi connectivity index (χ3n) is 2.45. The highest BCUT2D eigenvalue weighted by molar-refractivity contribution is 5.53. The first-order chi connectivity index (χ1) is 8.35. The molecule has 0 saturated heterocycles. The van der Waals surface area contributed by atoms with Gasteiger partial charge in [-0.15, -0.1) is 0 Å². The average Bonchev–Trinajstić information content (AvgIpc) is 2.50. The van der Waals surface area contributed by atoms with Gasteiger partial charge < -0.3 is 15.2 Å². The fourth-order valence-electron chi connectivity index (χ4n) is 1.66. The van der Waals surface area contributed by atoms with Gasteiger partial charge in [0.2, 0.25) is 5.88 Å². The van der Waals surface area contributed by atoms with Gasteiger partial charge in [-0.1, -0.05) is 13.3 Å². The van der Waals surface area contributed by atoms with Gasteiger partial charge in [-0.3, -0.25) is 0 Å². The molecule has 0 atom stereocenters. The molecule has 0 aliphatic rings. The molecule has 0 bridgehead atoms. The third-order valence-corrected chi connectivity index (χ3v) is 2.45. The van der Waals surface area contributed by atoms with Crippen molar-refractivity contribution in [1.29, 1.82) is 0 Å². The van der Waals surface area contributed by atoms with Crippen molar-refractivity contribution in [3.8, 4) is 5.88 Å². The molecule has 5 heteroatoms. The lowest BCUT2D eigenvalue weighted by atomic mass is 10.2. The van der Waals surface area contributed by atoms with Crippen molar-refractivity contribution in [1.82, 2.24) is 9.78 Å². The molecule has 5 nitrogen and oxygen atoms in total. The molecule has 0 aromatic carbocycles. The van der Waals surface area contributed by atoms with Crippen molar-refractivity contribution in [2.45, 2.75) is 46.1 Å². The van der Waals surface area contributed by atoms with Crippen molar-refractivity contribution in [2.75, 3.05) is 18.9 Å². The highest BCUT2D eigenvalue weighted by atomic mass is 16.5. The third kappa shape index (κ3) is 4.22. The Morgan fingerprint density at radius 3 is 2.50 bits per heavy atom. The Labute approximate surface area is 109 Å². The first-order valence-electron chi connectivity index (χ1n) is 6.43. The summed E-state index contributed by atoms with van der Waals surface area (Å²) in [5.74, 6) is 0.635. The number of aryl methyl sites for hydroxylation is 2. The minimum absolute atomic E-state index is 0.144. The molecule has 104 valence electrons. The zero-order chi connectivity index (χ0) is 13.8. The van der Waals surface area contributed by atoms with E-state index in [0.29, 0.717) is 24.8 Å². The molecule has 1 aromatic heterocycles. The molecule has 1 heterocycles. The van der Waals surface area contributed by atoms with Crippen LogP contribution in [0.5, 0.6) is 5.88 Å². The Bertz CT molecular complexity index is 380. The van der Waals surface area contributed by atoms with E-state index in [9.17, 15) is 0 Å². The van der Waals surface area contributed by atoms with Gasteiger partial charge in [-0.2, -0.15) is 5.10 Å². The Morgan fingerprint density at radius 2 is 1.94 bits per heavy atom. The molecule has 2 N–H and O–H groups in total. The summed E-state index contributed by atoms with van der Waals surface area (Å²) in [7, 11) is 1.84. The van der Waals surface area contributed by atoms with Crippen LogP contribution in [0.3, 0.4) is 0 Å². The van der Waals surface area contributed by atoms with Crippen LogP contribution < -0.4 is 10.5 Å². The first-order valence-corrected chi connectivity index (χ1v) is 6.43. The van der Waals surface area contributed by atoms with Gasteiger partial charge in [0.25, 0.3) is 0 Å². The average molecular weight is 255 g/mol. The predicted octanol–water partition coefficient (Wildman–Crippen LogP) is 2.15. The summed E-state index contributed by atoms with van der Waals surface area (Å²) in [5, 5.41) is 4.35. The molecule has 0 amide bonds. The number of nitrogen functional groups attached to an aromatic ring is 1. The molecule has 0 aliphatic carbocycles. The fourth-order valence-corrected chi connectivity index (χ4v) is 1.66. The highest BCUT2D eigenvalue weighted by Gasteiger charge is 2.14. The molecule has 0 radical (unpaired) electrons. The Morgan fingerprint density at radius 1 is 1.28 bits per heavy atom. The standard InChI is InChI=1S/C13H25N3O2/c1-6-7-10-11(14)12(16(5)15-10)17-8-9-18-13(2,3)4/h6-9,14H2,1-5H3. The van der Waals surface area contributed by atoms with Crippen LogP contribution >= 0.6 is 0 Å². The molecular formula is C13H25N3O2. The zero-order valence-corrected chi connectivity index (χ0v) is 12.1. The van der Waals surface area contributed by atoms with Gasteiger partial charge in [0.15, 0.2) is 0 Å². The van der Waals surface area contributed by atoms with Crippen LogP contribution in [0, 0.1) is 0 Å². The van der Waals surface area contributed by atoms with Crippen molar-refractivity contribution < 1.29 is 9.47 Å². The number of hydrogen-bond donors (Lipinski definition) is 1. The molecule has 18 heavy (non-hydrogen) atoms. The Balaban J connectivity index is 2.52. The summed E-state index contributed by atoms with van der Waals surface area (Å²) in [5.41, 5.74) is 7.42. The van der Waals surface area contributed by atoms with E-state index < -0.39 is 0 Å². The highest BCUT2D eigenvalue weighted by Crippen LogP contribution is 2.25. The smallest absolute Gasteiger partial charge is 0.235 e. The number of ether oxygens (including phenoxy) is 2. The van der Waals surface area contributed by atoms with E-state index in [0.717, 1.165) is 18.5 Å². The summed E-state index contributed by atoms with van der Waals surface area (Å²) in [6.45, 7) is 9.18. The van der Waals surface area contributed by atoms with Crippen LogP contribution in [0.4, 0.5) is 5.69 Å². The van der Waals surface area contributed by atoms with E-state index in [-0.39, 0.29) is 5.60 Å². The molecule has 0 aliphatic heterocycles. The Hall–Kier alpha value is -1.23. The predicted molar refractivity (Wildman–Crippen MR) is 72.8 cm³/mol. The molecule has 0 spiro atoms. The minimum Gasteiger partial charge on any atom is -0.474 e. The molecular weight excluding hydrogens is 230 g/mol. The molecule has 0 fully saturated rings. The van der Waals surface area contributed by atoms with Crippen molar-refractivity contribution in [3.05, 3.63) is 5.69 Å². The second-order valence-corrected chi connectivity index (χ2v) is 5.35. The SMILES string of the molecule is CCCc1nn(C)c(OCCOC(C)(C)C)c1N. The zero-order valence-electron chi connectivity index (χ0n) is 12.1. The normalized spacial score (nSPS) is 11.8. The maximum atomic E-state index is 6.01. The van der Waals surface area contributed by atoms with Crippen LogP contribution in [-0.2, 0) is 18.2 Å². The summed E-state index contributed by atoms with van der Waals surface area (Å²) in [6.07, 6.45) is 1.90. The van der Waals surface area contributed by atoms with Crippen molar-refractivity contribution in [3.63, 3.8) is 0 Å². The number of nitrogens with zero attached hydrogens (tertiary/aromatic N) is 2. The van der Waals surface area contributed by atoms with Gasteiger partial charge in [0, 0.05) is 7.05 Å². The number of hydrogen-bond acceptors (Lipinski definition) is 4. The molecule has 0 saturated carbocycles. The fraction of sp³-hybridized carbons (Fsp3) is 0.769. The monoisotopic (exact) mass is 255 g/mol. The largest absolute Gasteiger partial charge is 0.474 e.